The van der Waals surface area contributed by atoms with Crippen LogP contribution in [0.15, 0.2) is 0 Å². The fraction of sp³-hybridized carbons (Fsp3) is 1.00. The van der Waals surface area contributed by atoms with E-state index in [4.69, 9.17) is 4.74 Å². The maximum atomic E-state index is 5.18. The van der Waals surface area contributed by atoms with Crippen LogP contribution in [0.4, 0.5) is 0 Å². The Morgan fingerprint density at radius 1 is 1.40 bits per heavy atom. The summed E-state index contributed by atoms with van der Waals surface area (Å²) in [4.78, 5) is 0. The summed E-state index contributed by atoms with van der Waals surface area (Å²) in [6, 6.07) is 1.28. The van der Waals surface area contributed by atoms with E-state index >= 15 is 0 Å². The van der Waals surface area contributed by atoms with E-state index in [0.29, 0.717) is 12.1 Å². The Kier molecular flexibility index (Phi) is 2.69. The third kappa shape index (κ3) is 2.27. The van der Waals surface area contributed by atoms with Gasteiger partial charge in [-0.1, -0.05) is 0 Å². The van der Waals surface area contributed by atoms with E-state index < -0.39 is 0 Å². The first-order valence-electron chi connectivity index (χ1n) is 4.03. The molecule has 1 rings (SSSR count). The Bertz CT molecular complexity index is 101. The van der Waals surface area contributed by atoms with Gasteiger partial charge in [-0.15, -0.1) is 0 Å². The summed E-state index contributed by atoms with van der Waals surface area (Å²) >= 11 is 0. The van der Waals surface area contributed by atoms with Gasteiger partial charge >= 0.3 is 0 Å². The highest BCUT2D eigenvalue weighted by atomic mass is 16.5. The summed E-state index contributed by atoms with van der Waals surface area (Å²) in [5.41, 5.74) is 0. The van der Waals surface area contributed by atoms with Crippen molar-refractivity contribution in [2.75, 3.05) is 7.11 Å². The molecule has 0 saturated heterocycles. The number of nitrogens with one attached hydrogen (secondary N) is 1. The Labute approximate surface area is 63.0 Å². The van der Waals surface area contributed by atoms with Crippen molar-refractivity contribution in [1.82, 2.24) is 5.32 Å². The molecule has 1 aliphatic rings. The molecule has 0 aromatic carbocycles. The molecule has 2 heteroatoms. The minimum atomic E-state index is 0.334. The molecule has 1 N–H and O–H groups in total. The van der Waals surface area contributed by atoms with Crippen LogP contribution < -0.4 is 5.32 Å². The Morgan fingerprint density at radius 2 is 2.00 bits per heavy atom. The molecule has 0 aromatic rings. The van der Waals surface area contributed by atoms with Gasteiger partial charge in [-0.05, 0) is 26.7 Å². The van der Waals surface area contributed by atoms with Crippen LogP contribution >= 0.6 is 0 Å². The van der Waals surface area contributed by atoms with Crippen LogP contribution in [0.2, 0.25) is 0 Å². The van der Waals surface area contributed by atoms with Crippen LogP contribution in [-0.4, -0.2) is 25.3 Å². The smallest absolute Gasteiger partial charge is 0.0693 e. The largest absolute Gasteiger partial charge is 0.380 e. The molecule has 1 saturated carbocycles. The van der Waals surface area contributed by atoms with Crippen molar-refractivity contribution in [3.05, 3.63) is 0 Å². The quantitative estimate of drug-likeness (QED) is 0.637. The summed E-state index contributed by atoms with van der Waals surface area (Å²) in [5, 5.41) is 3.48. The molecule has 0 heterocycles. The third-order valence-electron chi connectivity index (χ3n) is 2.15. The van der Waals surface area contributed by atoms with Crippen LogP contribution in [-0.2, 0) is 4.74 Å². The number of hydrogen-bond acceptors (Lipinski definition) is 2. The van der Waals surface area contributed by atoms with E-state index in [0.717, 1.165) is 6.04 Å². The maximum absolute atomic E-state index is 5.18. The molecule has 2 unspecified atom stereocenters. The fourth-order valence-corrected chi connectivity index (χ4v) is 0.961. The second kappa shape index (κ2) is 3.35. The van der Waals surface area contributed by atoms with Gasteiger partial charge in [0.1, 0.15) is 0 Å². The molecule has 1 fully saturated rings. The Hall–Kier alpha value is -0.0800. The average molecular weight is 143 g/mol. The zero-order valence-electron chi connectivity index (χ0n) is 7.05. The van der Waals surface area contributed by atoms with Crippen molar-refractivity contribution in [1.29, 1.82) is 0 Å². The molecule has 0 amide bonds. The zero-order valence-corrected chi connectivity index (χ0v) is 7.05. The Balaban J connectivity index is 2.11. The lowest BCUT2D eigenvalue weighted by molar-refractivity contribution is 0.0881. The fourth-order valence-electron chi connectivity index (χ4n) is 0.961. The predicted molar refractivity (Wildman–Crippen MR) is 42.1 cm³/mol. The predicted octanol–water partition coefficient (Wildman–Crippen LogP) is 1.16. The van der Waals surface area contributed by atoms with Crippen molar-refractivity contribution in [2.24, 2.45) is 0 Å². The highest BCUT2D eigenvalue weighted by Crippen LogP contribution is 2.19. The molecule has 0 bridgehead atoms. The highest BCUT2D eigenvalue weighted by molar-refractivity contribution is 4.85. The third-order valence-corrected chi connectivity index (χ3v) is 2.15. The van der Waals surface area contributed by atoms with Gasteiger partial charge in [-0.3, -0.25) is 0 Å². The highest BCUT2D eigenvalue weighted by Gasteiger charge is 2.24. The lowest BCUT2D eigenvalue weighted by Crippen LogP contribution is -2.37. The second-order valence-electron chi connectivity index (χ2n) is 3.17. The van der Waals surface area contributed by atoms with E-state index in [9.17, 15) is 0 Å². The van der Waals surface area contributed by atoms with Crippen molar-refractivity contribution in [3.8, 4) is 0 Å². The molecular weight excluding hydrogens is 126 g/mol. The van der Waals surface area contributed by atoms with E-state index in [1.54, 1.807) is 7.11 Å². The van der Waals surface area contributed by atoms with Crippen molar-refractivity contribution in [3.63, 3.8) is 0 Å². The topological polar surface area (TPSA) is 21.3 Å². The lowest BCUT2D eigenvalue weighted by Gasteiger charge is -2.19. The van der Waals surface area contributed by atoms with Gasteiger partial charge in [0.25, 0.3) is 0 Å². The number of hydrogen-bond donors (Lipinski definition) is 1. The van der Waals surface area contributed by atoms with E-state index in [2.05, 4.69) is 19.2 Å². The standard InChI is InChI=1S/C8H17NO/c1-6(7(2)10-3)9-8-4-5-8/h6-9H,4-5H2,1-3H3. The number of methoxy groups -OCH3 is 1. The van der Waals surface area contributed by atoms with Crippen molar-refractivity contribution < 1.29 is 4.74 Å². The van der Waals surface area contributed by atoms with Crippen LogP contribution in [0.3, 0.4) is 0 Å². The molecule has 0 aromatic heterocycles. The maximum Gasteiger partial charge on any atom is 0.0693 e. The van der Waals surface area contributed by atoms with Gasteiger partial charge in [-0.2, -0.15) is 0 Å². The van der Waals surface area contributed by atoms with Crippen molar-refractivity contribution >= 4 is 0 Å². The first kappa shape index (κ1) is 8.02. The summed E-state index contributed by atoms with van der Waals surface area (Å²) in [7, 11) is 1.76. The monoisotopic (exact) mass is 143 g/mol. The van der Waals surface area contributed by atoms with Crippen LogP contribution in [0, 0.1) is 0 Å². The molecule has 0 radical (unpaired) electrons. The minimum Gasteiger partial charge on any atom is -0.380 e. The Morgan fingerprint density at radius 3 is 2.40 bits per heavy atom. The first-order chi connectivity index (χ1) is 4.74. The van der Waals surface area contributed by atoms with Gasteiger partial charge < -0.3 is 10.1 Å². The summed E-state index contributed by atoms with van der Waals surface area (Å²) in [6.07, 6.45) is 3.03. The van der Waals surface area contributed by atoms with Gasteiger partial charge in [0.15, 0.2) is 0 Å². The first-order valence-corrected chi connectivity index (χ1v) is 4.03. The molecule has 10 heavy (non-hydrogen) atoms. The summed E-state index contributed by atoms with van der Waals surface area (Å²) in [5.74, 6) is 0. The van der Waals surface area contributed by atoms with E-state index in [-0.39, 0.29) is 0 Å². The second-order valence-corrected chi connectivity index (χ2v) is 3.17. The molecule has 0 spiro atoms. The minimum absolute atomic E-state index is 0.334. The molecule has 2 atom stereocenters. The zero-order chi connectivity index (χ0) is 7.56. The molecule has 2 nitrogen and oxygen atoms in total. The van der Waals surface area contributed by atoms with Gasteiger partial charge in [-0.25, -0.2) is 0 Å². The SMILES string of the molecule is COC(C)C(C)NC1CC1. The van der Waals surface area contributed by atoms with Crippen LogP contribution in [0.1, 0.15) is 26.7 Å². The van der Waals surface area contributed by atoms with E-state index in [1.807, 2.05) is 0 Å². The summed E-state index contributed by atoms with van der Waals surface area (Å²) < 4.78 is 5.18. The molecular formula is C8H17NO. The summed E-state index contributed by atoms with van der Waals surface area (Å²) in [6.45, 7) is 4.27. The van der Waals surface area contributed by atoms with E-state index in [1.165, 1.54) is 12.8 Å². The van der Waals surface area contributed by atoms with Crippen LogP contribution in [0.5, 0.6) is 0 Å². The molecule has 60 valence electrons. The van der Waals surface area contributed by atoms with Crippen LogP contribution in [0.25, 0.3) is 0 Å². The molecule has 0 aliphatic heterocycles. The molecule has 1 aliphatic carbocycles. The van der Waals surface area contributed by atoms with Gasteiger partial charge in [0.2, 0.25) is 0 Å². The van der Waals surface area contributed by atoms with Crippen molar-refractivity contribution in [2.45, 2.75) is 44.9 Å². The number of ether oxygens (including phenoxy) is 1. The normalized spacial score (nSPS) is 24.3. The average Bonchev–Trinajstić information content (AvgIpc) is 2.70. The lowest BCUT2D eigenvalue weighted by atomic mass is 10.2. The number of rotatable bonds is 4. The van der Waals surface area contributed by atoms with Gasteiger partial charge in [0.05, 0.1) is 6.10 Å². The van der Waals surface area contributed by atoms with Gasteiger partial charge in [0, 0.05) is 19.2 Å².